The third-order valence-electron chi connectivity index (χ3n) is 4.69. The van der Waals surface area contributed by atoms with Gasteiger partial charge in [-0.25, -0.2) is 8.91 Å². The van der Waals surface area contributed by atoms with Crippen molar-refractivity contribution in [1.29, 1.82) is 0 Å². The van der Waals surface area contributed by atoms with Crippen molar-refractivity contribution in [3.8, 4) is 17.4 Å². The summed E-state index contributed by atoms with van der Waals surface area (Å²) >= 11 is 0. The van der Waals surface area contributed by atoms with Crippen LogP contribution in [0.1, 0.15) is 24.6 Å². The monoisotopic (exact) mass is 384 g/mol. The first-order chi connectivity index (χ1) is 13.5. The number of aromatic nitrogens is 4. The summed E-state index contributed by atoms with van der Waals surface area (Å²) in [5.74, 6) is 0.417. The number of aliphatic hydroxyl groups excluding tert-OH is 1. The second-order valence-electron chi connectivity index (χ2n) is 6.74. The number of nitrogens with zero attached hydrogens (tertiary/aromatic N) is 3. The van der Waals surface area contributed by atoms with E-state index >= 15 is 0 Å². The molecular weight excluding hydrogens is 363 g/mol. The minimum Gasteiger partial charge on any atom is -0.489 e. The lowest BCUT2D eigenvalue weighted by atomic mass is 10.2. The molecular formula is C20H21FN4O3. The molecule has 0 saturated carbocycles. The fourth-order valence-electron chi connectivity index (χ4n) is 3.10. The van der Waals surface area contributed by atoms with Crippen LogP contribution in [0.25, 0.3) is 16.4 Å². The third kappa shape index (κ3) is 3.16. The van der Waals surface area contributed by atoms with Gasteiger partial charge in [-0.3, -0.25) is 0 Å². The van der Waals surface area contributed by atoms with Crippen molar-refractivity contribution in [2.75, 3.05) is 6.61 Å². The smallest absolute Gasteiger partial charge is 0.247 e. The standard InChI is InChI=1S/C20H21FN4O3/c1-4-13(26)9-27-17-8-25-19(12(17)3)20(22-10-23-25)28-16-6-5-15-14(18(16)21)7-11(2)24-15/h5-8,10,13,24,26H,4,9H2,1-3H3. The zero-order chi connectivity index (χ0) is 19.8. The zero-order valence-corrected chi connectivity index (χ0v) is 15.9. The molecule has 0 radical (unpaired) electrons. The van der Waals surface area contributed by atoms with Crippen LogP contribution in [-0.2, 0) is 0 Å². The molecule has 1 aromatic carbocycles. The van der Waals surface area contributed by atoms with Gasteiger partial charge in [-0.15, -0.1) is 0 Å². The van der Waals surface area contributed by atoms with E-state index in [1.165, 1.54) is 6.33 Å². The molecule has 0 amide bonds. The fraction of sp³-hybridized carbons (Fsp3) is 0.300. The van der Waals surface area contributed by atoms with Crippen molar-refractivity contribution < 1.29 is 19.0 Å². The number of H-pyrrole nitrogens is 1. The van der Waals surface area contributed by atoms with Gasteiger partial charge in [0.25, 0.3) is 0 Å². The van der Waals surface area contributed by atoms with E-state index in [1.54, 1.807) is 28.9 Å². The van der Waals surface area contributed by atoms with Gasteiger partial charge >= 0.3 is 0 Å². The number of nitrogens with one attached hydrogen (secondary N) is 1. The Morgan fingerprint density at radius 3 is 2.89 bits per heavy atom. The predicted octanol–water partition coefficient (Wildman–Crippen LogP) is 3.91. The maximum Gasteiger partial charge on any atom is 0.247 e. The Hall–Kier alpha value is -3.13. The van der Waals surface area contributed by atoms with E-state index in [0.717, 1.165) is 11.3 Å². The Morgan fingerprint density at radius 2 is 2.11 bits per heavy atom. The van der Waals surface area contributed by atoms with Crippen LogP contribution >= 0.6 is 0 Å². The second kappa shape index (κ2) is 7.12. The average molecular weight is 384 g/mol. The summed E-state index contributed by atoms with van der Waals surface area (Å²) in [4.78, 5) is 7.28. The summed E-state index contributed by atoms with van der Waals surface area (Å²) in [5.41, 5.74) is 2.90. The van der Waals surface area contributed by atoms with E-state index in [1.807, 2.05) is 20.8 Å². The van der Waals surface area contributed by atoms with Crippen LogP contribution in [0.2, 0.25) is 0 Å². The second-order valence-corrected chi connectivity index (χ2v) is 6.74. The molecule has 0 aliphatic heterocycles. The number of benzene rings is 1. The highest BCUT2D eigenvalue weighted by Crippen LogP contribution is 2.34. The molecule has 3 heterocycles. The molecule has 8 heteroatoms. The summed E-state index contributed by atoms with van der Waals surface area (Å²) in [6.07, 6.45) is 3.08. The number of rotatable bonds is 6. The van der Waals surface area contributed by atoms with Gasteiger partial charge in [0.05, 0.1) is 12.3 Å². The Morgan fingerprint density at radius 1 is 1.29 bits per heavy atom. The molecule has 4 rings (SSSR count). The SMILES string of the molecule is CCC(O)COc1cn2ncnc(Oc3ccc4[nH]c(C)cc4c3F)c2c1C. The zero-order valence-electron chi connectivity index (χ0n) is 15.9. The number of hydrogen-bond donors (Lipinski definition) is 2. The highest BCUT2D eigenvalue weighted by atomic mass is 19.1. The van der Waals surface area contributed by atoms with Crippen LogP contribution in [0.5, 0.6) is 17.4 Å². The molecule has 0 aliphatic rings. The predicted molar refractivity (Wildman–Crippen MR) is 103 cm³/mol. The number of hydrogen-bond acceptors (Lipinski definition) is 5. The first-order valence-electron chi connectivity index (χ1n) is 9.07. The Bertz CT molecular complexity index is 1150. The summed E-state index contributed by atoms with van der Waals surface area (Å²) in [6, 6.07) is 5.07. The molecule has 146 valence electrons. The normalized spacial score (nSPS) is 12.6. The molecule has 2 N–H and O–H groups in total. The number of halogens is 1. The Balaban J connectivity index is 1.71. The first-order valence-corrected chi connectivity index (χ1v) is 9.07. The number of fused-ring (bicyclic) bond motifs is 2. The molecule has 4 aromatic rings. The quantitative estimate of drug-likeness (QED) is 0.527. The van der Waals surface area contributed by atoms with Gasteiger partial charge in [-0.2, -0.15) is 10.1 Å². The van der Waals surface area contributed by atoms with Gasteiger partial charge in [0.15, 0.2) is 11.6 Å². The summed E-state index contributed by atoms with van der Waals surface area (Å²) < 4.78 is 28.0. The van der Waals surface area contributed by atoms with Gasteiger partial charge in [0.2, 0.25) is 5.88 Å². The van der Waals surface area contributed by atoms with Crippen molar-refractivity contribution in [1.82, 2.24) is 19.6 Å². The van der Waals surface area contributed by atoms with Crippen LogP contribution in [-0.4, -0.2) is 37.4 Å². The maximum atomic E-state index is 14.9. The highest BCUT2D eigenvalue weighted by Gasteiger charge is 2.18. The molecule has 7 nitrogen and oxygen atoms in total. The van der Waals surface area contributed by atoms with Crippen molar-refractivity contribution in [2.45, 2.75) is 33.3 Å². The number of aliphatic hydroxyl groups is 1. The number of aromatic amines is 1. The molecule has 28 heavy (non-hydrogen) atoms. The van der Waals surface area contributed by atoms with Gasteiger partial charge in [0, 0.05) is 22.2 Å². The first kappa shape index (κ1) is 18.2. The summed E-state index contributed by atoms with van der Waals surface area (Å²) in [7, 11) is 0. The Labute approximate surface area is 160 Å². The molecule has 0 fully saturated rings. The topological polar surface area (TPSA) is 84.7 Å². The lowest BCUT2D eigenvalue weighted by Crippen LogP contribution is -2.16. The van der Waals surface area contributed by atoms with Gasteiger partial charge in [-0.1, -0.05) is 6.92 Å². The lowest BCUT2D eigenvalue weighted by Gasteiger charge is -2.10. The van der Waals surface area contributed by atoms with Crippen molar-refractivity contribution in [3.05, 3.63) is 47.8 Å². The molecule has 1 atom stereocenters. The highest BCUT2D eigenvalue weighted by molar-refractivity contribution is 5.83. The van der Waals surface area contributed by atoms with Gasteiger partial charge in [0.1, 0.15) is 24.2 Å². The molecule has 0 saturated heterocycles. The van der Waals surface area contributed by atoms with E-state index in [4.69, 9.17) is 9.47 Å². The van der Waals surface area contributed by atoms with Crippen molar-refractivity contribution in [2.24, 2.45) is 0 Å². The fourth-order valence-corrected chi connectivity index (χ4v) is 3.10. The van der Waals surface area contributed by atoms with Crippen LogP contribution in [0, 0.1) is 19.7 Å². The minimum atomic E-state index is -0.546. The average Bonchev–Trinajstić information content (AvgIpc) is 3.22. The van der Waals surface area contributed by atoms with E-state index in [-0.39, 0.29) is 18.2 Å². The van der Waals surface area contributed by atoms with Crippen molar-refractivity contribution in [3.63, 3.8) is 0 Å². The molecule has 3 aromatic heterocycles. The summed E-state index contributed by atoms with van der Waals surface area (Å²) in [6.45, 7) is 5.77. The minimum absolute atomic E-state index is 0.0802. The summed E-state index contributed by atoms with van der Waals surface area (Å²) in [5, 5.41) is 14.4. The largest absolute Gasteiger partial charge is 0.489 e. The van der Waals surface area contributed by atoms with E-state index in [0.29, 0.717) is 28.6 Å². The Kier molecular flexibility index (Phi) is 4.64. The van der Waals surface area contributed by atoms with Gasteiger partial charge in [-0.05, 0) is 38.5 Å². The van der Waals surface area contributed by atoms with E-state index in [9.17, 15) is 9.50 Å². The number of aryl methyl sites for hydroxylation is 2. The lowest BCUT2D eigenvalue weighted by molar-refractivity contribution is 0.104. The third-order valence-corrected chi connectivity index (χ3v) is 4.69. The van der Waals surface area contributed by atoms with Crippen LogP contribution in [0.15, 0.2) is 30.7 Å². The number of ether oxygens (including phenoxy) is 2. The van der Waals surface area contributed by atoms with Gasteiger partial charge < -0.3 is 19.6 Å². The molecule has 0 spiro atoms. The molecule has 1 unspecified atom stereocenters. The van der Waals surface area contributed by atoms with Crippen LogP contribution in [0.4, 0.5) is 4.39 Å². The van der Waals surface area contributed by atoms with E-state index < -0.39 is 11.9 Å². The molecule has 0 bridgehead atoms. The van der Waals surface area contributed by atoms with Crippen LogP contribution in [0.3, 0.4) is 0 Å². The van der Waals surface area contributed by atoms with Crippen LogP contribution < -0.4 is 9.47 Å². The maximum absolute atomic E-state index is 14.9. The van der Waals surface area contributed by atoms with E-state index in [2.05, 4.69) is 15.1 Å². The van der Waals surface area contributed by atoms with Crippen molar-refractivity contribution >= 4 is 16.4 Å². The molecule has 0 aliphatic carbocycles.